The predicted octanol–water partition coefficient (Wildman–Crippen LogP) is 3.08. The average Bonchev–Trinajstić information content (AvgIpc) is 3.23. The second-order valence-corrected chi connectivity index (χ2v) is 5.60. The smallest absolute Gasteiger partial charge is 0.0952 e. The van der Waals surface area contributed by atoms with Crippen LogP contribution in [0.25, 0.3) is 0 Å². The summed E-state index contributed by atoms with van der Waals surface area (Å²) < 4.78 is 5.88. The van der Waals surface area contributed by atoms with Crippen LogP contribution in [0.2, 0.25) is 0 Å². The van der Waals surface area contributed by atoms with Crippen LogP contribution in [-0.4, -0.2) is 19.7 Å². The quantitative estimate of drug-likeness (QED) is 0.778. The highest BCUT2D eigenvalue weighted by atomic mass is 16.5. The summed E-state index contributed by atoms with van der Waals surface area (Å²) in [4.78, 5) is 0. The summed E-state index contributed by atoms with van der Waals surface area (Å²) in [6.45, 7) is 2.96. The van der Waals surface area contributed by atoms with Crippen LogP contribution >= 0.6 is 0 Å². The monoisotopic (exact) mass is 245 g/mol. The van der Waals surface area contributed by atoms with E-state index in [2.05, 4.69) is 29.6 Å². The van der Waals surface area contributed by atoms with Crippen LogP contribution in [0.4, 0.5) is 0 Å². The molecule has 1 N–H and O–H groups in total. The SMILES string of the molecule is c1ccc2c(c1)CCOC2CNCCCC1CC1. The van der Waals surface area contributed by atoms with Gasteiger partial charge >= 0.3 is 0 Å². The van der Waals surface area contributed by atoms with Crippen molar-refractivity contribution in [1.29, 1.82) is 0 Å². The molecule has 1 aromatic carbocycles. The molecule has 1 aromatic rings. The van der Waals surface area contributed by atoms with Crippen LogP contribution in [0.5, 0.6) is 0 Å². The van der Waals surface area contributed by atoms with Gasteiger partial charge in [0.05, 0.1) is 12.7 Å². The fraction of sp³-hybridized carbons (Fsp3) is 0.625. The fourth-order valence-electron chi connectivity index (χ4n) is 2.80. The van der Waals surface area contributed by atoms with Gasteiger partial charge in [0.25, 0.3) is 0 Å². The molecule has 0 radical (unpaired) electrons. The van der Waals surface area contributed by atoms with Gasteiger partial charge in [-0.3, -0.25) is 0 Å². The molecule has 1 atom stereocenters. The first kappa shape index (κ1) is 12.2. The molecule has 98 valence electrons. The Morgan fingerprint density at radius 1 is 1.22 bits per heavy atom. The van der Waals surface area contributed by atoms with Crippen molar-refractivity contribution < 1.29 is 4.74 Å². The van der Waals surface area contributed by atoms with Crippen molar-refractivity contribution in [2.24, 2.45) is 5.92 Å². The Hall–Kier alpha value is -0.860. The van der Waals surface area contributed by atoms with Gasteiger partial charge in [-0.05, 0) is 42.9 Å². The first-order valence-corrected chi connectivity index (χ1v) is 7.33. The average molecular weight is 245 g/mol. The first-order chi connectivity index (χ1) is 8.93. The Bertz CT molecular complexity index is 386. The molecular weight excluding hydrogens is 222 g/mol. The summed E-state index contributed by atoms with van der Waals surface area (Å²) in [6.07, 6.45) is 7.00. The van der Waals surface area contributed by atoms with E-state index in [1.165, 1.54) is 36.8 Å². The van der Waals surface area contributed by atoms with Gasteiger partial charge in [0.2, 0.25) is 0 Å². The zero-order chi connectivity index (χ0) is 12.2. The molecule has 1 saturated carbocycles. The number of fused-ring (bicyclic) bond motifs is 1. The molecule has 1 aliphatic heterocycles. The van der Waals surface area contributed by atoms with E-state index in [0.717, 1.165) is 32.0 Å². The van der Waals surface area contributed by atoms with E-state index in [-0.39, 0.29) is 6.10 Å². The Kier molecular flexibility index (Phi) is 3.96. The Labute approximate surface area is 110 Å². The lowest BCUT2D eigenvalue weighted by molar-refractivity contribution is 0.0426. The summed E-state index contributed by atoms with van der Waals surface area (Å²) in [5, 5.41) is 3.55. The Morgan fingerprint density at radius 3 is 3.00 bits per heavy atom. The van der Waals surface area contributed by atoms with E-state index in [1.807, 2.05) is 0 Å². The summed E-state index contributed by atoms with van der Waals surface area (Å²) >= 11 is 0. The molecule has 2 aliphatic rings. The van der Waals surface area contributed by atoms with Gasteiger partial charge in [0.1, 0.15) is 0 Å². The highest BCUT2D eigenvalue weighted by Crippen LogP contribution is 2.33. The minimum absolute atomic E-state index is 0.260. The predicted molar refractivity (Wildman–Crippen MR) is 73.7 cm³/mol. The zero-order valence-electron chi connectivity index (χ0n) is 11.0. The second kappa shape index (κ2) is 5.85. The normalized spacial score (nSPS) is 22.8. The van der Waals surface area contributed by atoms with Crippen LogP contribution in [0, 0.1) is 5.92 Å². The topological polar surface area (TPSA) is 21.3 Å². The summed E-state index contributed by atoms with van der Waals surface area (Å²) in [6, 6.07) is 8.70. The Morgan fingerprint density at radius 2 is 2.11 bits per heavy atom. The van der Waals surface area contributed by atoms with Gasteiger partial charge in [-0.1, -0.05) is 37.1 Å². The highest BCUT2D eigenvalue weighted by molar-refractivity contribution is 5.31. The molecule has 0 amide bonds. The maximum atomic E-state index is 5.88. The molecule has 2 nitrogen and oxygen atoms in total. The van der Waals surface area contributed by atoms with Crippen LogP contribution in [0.15, 0.2) is 24.3 Å². The molecule has 1 heterocycles. The third-order valence-corrected chi connectivity index (χ3v) is 4.08. The number of rotatable bonds is 6. The third kappa shape index (κ3) is 3.12. The van der Waals surface area contributed by atoms with E-state index in [0.29, 0.717) is 0 Å². The van der Waals surface area contributed by atoms with Crippen molar-refractivity contribution in [1.82, 2.24) is 5.32 Å². The molecule has 0 spiro atoms. The van der Waals surface area contributed by atoms with Crippen molar-refractivity contribution in [3.63, 3.8) is 0 Å². The minimum Gasteiger partial charge on any atom is -0.372 e. The number of hydrogen-bond donors (Lipinski definition) is 1. The van der Waals surface area contributed by atoms with Crippen LogP contribution in [-0.2, 0) is 11.2 Å². The number of benzene rings is 1. The van der Waals surface area contributed by atoms with E-state index >= 15 is 0 Å². The van der Waals surface area contributed by atoms with Gasteiger partial charge < -0.3 is 10.1 Å². The van der Waals surface area contributed by atoms with Crippen LogP contribution in [0.3, 0.4) is 0 Å². The molecule has 0 bridgehead atoms. The highest BCUT2D eigenvalue weighted by Gasteiger charge is 2.21. The summed E-state index contributed by atoms with van der Waals surface area (Å²) in [7, 11) is 0. The molecule has 2 heteroatoms. The number of hydrogen-bond acceptors (Lipinski definition) is 2. The van der Waals surface area contributed by atoms with E-state index < -0.39 is 0 Å². The van der Waals surface area contributed by atoms with Crippen molar-refractivity contribution in [3.05, 3.63) is 35.4 Å². The van der Waals surface area contributed by atoms with Crippen LogP contribution < -0.4 is 5.32 Å². The maximum absolute atomic E-state index is 5.88. The van der Waals surface area contributed by atoms with Crippen molar-refractivity contribution >= 4 is 0 Å². The molecule has 3 rings (SSSR count). The number of nitrogens with one attached hydrogen (secondary N) is 1. The van der Waals surface area contributed by atoms with Gasteiger partial charge in [-0.2, -0.15) is 0 Å². The van der Waals surface area contributed by atoms with Crippen molar-refractivity contribution in [3.8, 4) is 0 Å². The van der Waals surface area contributed by atoms with Crippen molar-refractivity contribution in [2.75, 3.05) is 19.7 Å². The first-order valence-electron chi connectivity index (χ1n) is 7.33. The molecule has 0 saturated heterocycles. The van der Waals surface area contributed by atoms with E-state index in [4.69, 9.17) is 4.74 Å². The lowest BCUT2D eigenvalue weighted by Gasteiger charge is -2.26. The molecule has 1 fully saturated rings. The van der Waals surface area contributed by atoms with E-state index in [1.54, 1.807) is 0 Å². The standard InChI is InChI=1S/C16H23NO/c1-2-6-15-14(5-1)9-11-18-16(15)12-17-10-3-4-13-7-8-13/h1-2,5-6,13,16-17H,3-4,7-12H2. The van der Waals surface area contributed by atoms with Crippen molar-refractivity contribution in [2.45, 2.75) is 38.2 Å². The summed E-state index contributed by atoms with van der Waals surface area (Å²) in [5.41, 5.74) is 2.85. The minimum atomic E-state index is 0.260. The Balaban J connectivity index is 1.44. The maximum Gasteiger partial charge on any atom is 0.0952 e. The largest absolute Gasteiger partial charge is 0.372 e. The molecule has 1 aliphatic carbocycles. The lowest BCUT2D eigenvalue weighted by atomic mass is 9.97. The fourth-order valence-corrected chi connectivity index (χ4v) is 2.80. The van der Waals surface area contributed by atoms with Gasteiger partial charge in [-0.15, -0.1) is 0 Å². The van der Waals surface area contributed by atoms with Gasteiger partial charge in [-0.25, -0.2) is 0 Å². The number of ether oxygens (including phenoxy) is 1. The van der Waals surface area contributed by atoms with Gasteiger partial charge in [0.15, 0.2) is 0 Å². The third-order valence-electron chi connectivity index (χ3n) is 4.08. The molecular formula is C16H23NO. The van der Waals surface area contributed by atoms with E-state index in [9.17, 15) is 0 Å². The van der Waals surface area contributed by atoms with Gasteiger partial charge in [0, 0.05) is 6.54 Å². The molecule has 0 aromatic heterocycles. The molecule has 1 unspecified atom stereocenters. The molecule has 18 heavy (non-hydrogen) atoms. The lowest BCUT2D eigenvalue weighted by Crippen LogP contribution is -2.28. The zero-order valence-corrected chi connectivity index (χ0v) is 11.0. The van der Waals surface area contributed by atoms with Crippen LogP contribution in [0.1, 0.15) is 42.9 Å². The summed E-state index contributed by atoms with van der Waals surface area (Å²) in [5.74, 6) is 1.05. The second-order valence-electron chi connectivity index (χ2n) is 5.60.